The van der Waals surface area contributed by atoms with Crippen molar-refractivity contribution < 1.29 is 18.8 Å². The van der Waals surface area contributed by atoms with Crippen LogP contribution in [0.5, 0.6) is 0 Å². The van der Waals surface area contributed by atoms with E-state index in [0.29, 0.717) is 38.0 Å². The molecule has 0 saturated carbocycles. The Hall–Kier alpha value is -1.47. The van der Waals surface area contributed by atoms with Crippen molar-refractivity contribution in [2.45, 2.75) is 32.0 Å². The van der Waals surface area contributed by atoms with Crippen molar-refractivity contribution in [3.63, 3.8) is 0 Å². The first-order valence-electron chi connectivity index (χ1n) is 6.52. The molecular formula is C12H17N3O4. The third kappa shape index (κ3) is 2.62. The summed E-state index contributed by atoms with van der Waals surface area (Å²) in [4.78, 5) is 17.9. The Labute approximate surface area is 110 Å². The highest BCUT2D eigenvalue weighted by molar-refractivity contribution is 5.77. The first-order chi connectivity index (χ1) is 9.17. The molecule has 1 amide bonds. The van der Waals surface area contributed by atoms with Crippen LogP contribution in [0.15, 0.2) is 4.52 Å². The summed E-state index contributed by atoms with van der Waals surface area (Å²) in [6.07, 6.45) is 1.61. The van der Waals surface area contributed by atoms with Gasteiger partial charge in [-0.3, -0.25) is 4.79 Å². The number of amides is 1. The summed E-state index contributed by atoms with van der Waals surface area (Å²) in [6, 6.07) is 0. The average Bonchev–Trinajstić information content (AvgIpc) is 3.00. The topological polar surface area (TPSA) is 77.7 Å². The Morgan fingerprint density at radius 3 is 2.58 bits per heavy atom. The summed E-state index contributed by atoms with van der Waals surface area (Å²) in [5, 5.41) is 3.68. The van der Waals surface area contributed by atoms with E-state index in [1.54, 1.807) is 11.8 Å². The maximum atomic E-state index is 12.1. The molecule has 3 heterocycles. The molecule has 1 aromatic rings. The average molecular weight is 267 g/mol. The molecule has 0 atom stereocenters. The standard InChI is InChI=1S/C12H17N3O4/c1-9-13-10(19-14-9)8-11(16)15-4-2-12(3-5-15)17-6-7-18-12/h2-8H2,1H3. The van der Waals surface area contributed by atoms with E-state index in [1.165, 1.54) is 0 Å². The van der Waals surface area contributed by atoms with Crippen LogP contribution in [0, 0.1) is 6.92 Å². The van der Waals surface area contributed by atoms with Crippen LogP contribution >= 0.6 is 0 Å². The molecule has 19 heavy (non-hydrogen) atoms. The third-order valence-corrected chi connectivity index (χ3v) is 3.56. The molecule has 2 aliphatic rings. The lowest BCUT2D eigenvalue weighted by atomic mass is 10.0. The summed E-state index contributed by atoms with van der Waals surface area (Å²) in [6.45, 7) is 4.32. The van der Waals surface area contributed by atoms with Crippen molar-refractivity contribution in [2.75, 3.05) is 26.3 Å². The molecule has 1 spiro atoms. The molecule has 1 aromatic heterocycles. The predicted molar refractivity (Wildman–Crippen MR) is 63.2 cm³/mol. The maximum absolute atomic E-state index is 12.1. The first-order valence-corrected chi connectivity index (χ1v) is 6.52. The van der Waals surface area contributed by atoms with E-state index in [0.717, 1.165) is 12.8 Å². The van der Waals surface area contributed by atoms with Gasteiger partial charge in [0.05, 0.1) is 13.2 Å². The van der Waals surface area contributed by atoms with Crippen LogP contribution in [0.1, 0.15) is 24.6 Å². The molecule has 3 rings (SSSR count). The number of hydrogen-bond donors (Lipinski definition) is 0. The van der Waals surface area contributed by atoms with Crippen LogP contribution in [0.2, 0.25) is 0 Å². The highest BCUT2D eigenvalue weighted by Gasteiger charge is 2.40. The van der Waals surface area contributed by atoms with Gasteiger partial charge in [0.2, 0.25) is 11.8 Å². The summed E-state index contributed by atoms with van der Waals surface area (Å²) >= 11 is 0. The quantitative estimate of drug-likeness (QED) is 0.766. The van der Waals surface area contributed by atoms with Gasteiger partial charge in [-0.15, -0.1) is 0 Å². The number of carbonyl (C=O) groups is 1. The second kappa shape index (κ2) is 4.90. The Morgan fingerprint density at radius 1 is 1.32 bits per heavy atom. The molecular weight excluding hydrogens is 250 g/mol. The van der Waals surface area contributed by atoms with Crippen LogP contribution < -0.4 is 0 Å². The number of ether oxygens (including phenoxy) is 2. The number of nitrogens with zero attached hydrogens (tertiary/aromatic N) is 3. The molecule has 0 unspecified atom stereocenters. The fourth-order valence-electron chi connectivity index (χ4n) is 2.54. The van der Waals surface area contributed by atoms with Gasteiger partial charge < -0.3 is 18.9 Å². The lowest BCUT2D eigenvalue weighted by molar-refractivity contribution is -0.187. The fourth-order valence-corrected chi connectivity index (χ4v) is 2.54. The molecule has 7 heteroatoms. The van der Waals surface area contributed by atoms with Crippen LogP contribution in [0.3, 0.4) is 0 Å². The Kier molecular flexibility index (Phi) is 3.24. The van der Waals surface area contributed by atoms with Crippen LogP contribution in [0.25, 0.3) is 0 Å². The number of carbonyl (C=O) groups excluding carboxylic acids is 1. The van der Waals surface area contributed by atoms with E-state index in [9.17, 15) is 4.79 Å². The van der Waals surface area contributed by atoms with E-state index < -0.39 is 5.79 Å². The minimum Gasteiger partial charge on any atom is -0.347 e. The van der Waals surface area contributed by atoms with Gasteiger partial charge in [-0.05, 0) is 6.92 Å². The molecule has 0 N–H and O–H groups in total. The van der Waals surface area contributed by atoms with Crippen LogP contribution in [0.4, 0.5) is 0 Å². The first kappa shape index (κ1) is 12.6. The van der Waals surface area contributed by atoms with Gasteiger partial charge in [-0.25, -0.2) is 0 Å². The number of hydrogen-bond acceptors (Lipinski definition) is 6. The van der Waals surface area contributed by atoms with Crippen molar-refractivity contribution in [1.82, 2.24) is 15.0 Å². The van der Waals surface area contributed by atoms with Gasteiger partial charge in [-0.2, -0.15) is 4.98 Å². The van der Waals surface area contributed by atoms with Gasteiger partial charge in [0.1, 0.15) is 6.42 Å². The van der Waals surface area contributed by atoms with E-state index >= 15 is 0 Å². The van der Waals surface area contributed by atoms with Gasteiger partial charge >= 0.3 is 0 Å². The lowest BCUT2D eigenvalue weighted by Crippen LogP contribution is -2.47. The number of rotatable bonds is 2. The molecule has 104 valence electrons. The molecule has 0 bridgehead atoms. The molecule has 2 aliphatic heterocycles. The zero-order valence-electron chi connectivity index (χ0n) is 10.9. The maximum Gasteiger partial charge on any atom is 0.236 e. The Balaban J connectivity index is 1.54. The molecule has 0 aliphatic carbocycles. The minimum atomic E-state index is -0.447. The largest absolute Gasteiger partial charge is 0.347 e. The summed E-state index contributed by atoms with van der Waals surface area (Å²) in [5.41, 5.74) is 0. The van der Waals surface area contributed by atoms with Crippen LogP contribution in [-0.4, -0.2) is 53.0 Å². The molecule has 2 fully saturated rings. The predicted octanol–water partition coefficient (Wildman–Crippen LogP) is 0.286. The van der Waals surface area contributed by atoms with Gasteiger partial charge in [0, 0.05) is 25.9 Å². The van der Waals surface area contributed by atoms with E-state index in [2.05, 4.69) is 10.1 Å². The molecule has 0 radical (unpaired) electrons. The summed E-state index contributed by atoms with van der Waals surface area (Å²) < 4.78 is 16.2. The Morgan fingerprint density at radius 2 is 2.00 bits per heavy atom. The van der Waals surface area contributed by atoms with E-state index in [-0.39, 0.29) is 12.3 Å². The Bertz CT molecular complexity index is 457. The number of piperidine rings is 1. The summed E-state index contributed by atoms with van der Waals surface area (Å²) in [7, 11) is 0. The lowest BCUT2D eigenvalue weighted by Gasteiger charge is -2.37. The number of likely N-dealkylation sites (tertiary alicyclic amines) is 1. The van der Waals surface area contributed by atoms with Crippen molar-refractivity contribution >= 4 is 5.91 Å². The van der Waals surface area contributed by atoms with E-state index in [4.69, 9.17) is 14.0 Å². The molecule has 0 aromatic carbocycles. The van der Waals surface area contributed by atoms with Gasteiger partial charge in [-0.1, -0.05) is 5.16 Å². The van der Waals surface area contributed by atoms with Crippen molar-refractivity contribution in [3.8, 4) is 0 Å². The van der Waals surface area contributed by atoms with Gasteiger partial charge in [0.25, 0.3) is 0 Å². The van der Waals surface area contributed by atoms with Crippen molar-refractivity contribution in [2.24, 2.45) is 0 Å². The summed E-state index contributed by atoms with van der Waals surface area (Å²) in [5.74, 6) is 0.485. The highest BCUT2D eigenvalue weighted by Crippen LogP contribution is 2.31. The molecule has 2 saturated heterocycles. The number of aryl methyl sites for hydroxylation is 1. The third-order valence-electron chi connectivity index (χ3n) is 3.56. The normalized spacial score (nSPS) is 22.1. The van der Waals surface area contributed by atoms with Gasteiger partial charge in [0.15, 0.2) is 11.6 Å². The zero-order chi connectivity index (χ0) is 13.3. The highest BCUT2D eigenvalue weighted by atomic mass is 16.7. The van der Waals surface area contributed by atoms with Crippen molar-refractivity contribution in [3.05, 3.63) is 11.7 Å². The number of aromatic nitrogens is 2. The van der Waals surface area contributed by atoms with Crippen molar-refractivity contribution in [1.29, 1.82) is 0 Å². The fraction of sp³-hybridized carbons (Fsp3) is 0.750. The molecule has 7 nitrogen and oxygen atoms in total. The zero-order valence-corrected chi connectivity index (χ0v) is 10.9. The SMILES string of the molecule is Cc1noc(CC(=O)N2CCC3(CC2)OCCO3)n1. The smallest absolute Gasteiger partial charge is 0.236 e. The monoisotopic (exact) mass is 267 g/mol. The van der Waals surface area contributed by atoms with E-state index in [1.807, 2.05) is 0 Å². The second-order valence-electron chi connectivity index (χ2n) is 4.90. The van der Waals surface area contributed by atoms with Crippen LogP contribution in [-0.2, 0) is 20.7 Å². The minimum absolute atomic E-state index is 0.0106. The second-order valence-corrected chi connectivity index (χ2v) is 4.90.